The van der Waals surface area contributed by atoms with Crippen LogP contribution in [0.25, 0.3) is 0 Å². The number of hydrogen-bond donors (Lipinski definition) is 5. The fraction of sp³-hybridized carbons (Fsp3) is 0.545. The highest BCUT2D eigenvalue weighted by atomic mass is 16.5. The molecule has 14 heteroatoms. The summed E-state index contributed by atoms with van der Waals surface area (Å²) in [6, 6.07) is 4.12. The molecular formula is C33H48N6O8. The number of ether oxygens (including phenoxy) is 1. The summed E-state index contributed by atoms with van der Waals surface area (Å²) in [5, 5.41) is 10.7. The van der Waals surface area contributed by atoms with Crippen molar-refractivity contribution in [3.8, 4) is 0 Å². The van der Waals surface area contributed by atoms with Crippen molar-refractivity contribution < 1.29 is 38.3 Å². The van der Waals surface area contributed by atoms with Crippen molar-refractivity contribution in [3.63, 3.8) is 0 Å². The first kappa shape index (κ1) is 38.4. The van der Waals surface area contributed by atoms with E-state index in [0.29, 0.717) is 31.4 Å². The van der Waals surface area contributed by atoms with Crippen LogP contribution in [-0.4, -0.2) is 71.6 Å². The second kappa shape index (κ2) is 18.4. The van der Waals surface area contributed by atoms with Gasteiger partial charge in [-0.1, -0.05) is 32.4 Å². The number of nitrogens with zero attached hydrogens (tertiary/aromatic N) is 1. The quantitative estimate of drug-likeness (QED) is 0.0898. The molecule has 0 saturated carbocycles. The lowest BCUT2D eigenvalue weighted by molar-refractivity contribution is -0.154. The van der Waals surface area contributed by atoms with Crippen LogP contribution >= 0.6 is 0 Å². The second-order valence-corrected chi connectivity index (χ2v) is 12.8. The van der Waals surface area contributed by atoms with E-state index in [0.717, 1.165) is 10.5 Å². The van der Waals surface area contributed by atoms with E-state index in [2.05, 4.69) is 21.3 Å². The number of primary amides is 1. The highest BCUT2D eigenvalue weighted by Crippen LogP contribution is 2.18. The van der Waals surface area contributed by atoms with Crippen LogP contribution in [0.4, 0.5) is 10.5 Å². The van der Waals surface area contributed by atoms with E-state index in [-0.39, 0.29) is 62.1 Å². The molecule has 1 aromatic carbocycles. The van der Waals surface area contributed by atoms with Gasteiger partial charge in [-0.3, -0.25) is 33.7 Å². The molecule has 2 atom stereocenters. The van der Waals surface area contributed by atoms with E-state index in [1.165, 1.54) is 12.2 Å². The van der Waals surface area contributed by atoms with Crippen LogP contribution in [-0.2, 0) is 40.1 Å². The highest BCUT2D eigenvalue weighted by molar-refractivity contribution is 6.12. The Hall–Kier alpha value is -4.75. The zero-order chi connectivity index (χ0) is 35.1. The van der Waals surface area contributed by atoms with Crippen LogP contribution in [0, 0.1) is 11.3 Å². The Labute approximate surface area is 275 Å². The van der Waals surface area contributed by atoms with E-state index in [9.17, 15) is 33.6 Å². The third kappa shape index (κ3) is 13.6. The molecular weight excluding hydrogens is 608 g/mol. The number of carbonyl (C=O) groups excluding carboxylic acids is 7. The molecule has 14 nitrogen and oxygen atoms in total. The Morgan fingerprint density at radius 2 is 1.51 bits per heavy atom. The van der Waals surface area contributed by atoms with Crippen LogP contribution in [0.3, 0.4) is 0 Å². The van der Waals surface area contributed by atoms with Crippen molar-refractivity contribution in [2.24, 2.45) is 17.1 Å². The fourth-order valence-corrected chi connectivity index (χ4v) is 4.49. The van der Waals surface area contributed by atoms with Crippen LogP contribution in [0.1, 0.15) is 78.7 Å². The summed E-state index contributed by atoms with van der Waals surface area (Å²) in [5.74, 6) is -2.69. The van der Waals surface area contributed by atoms with Gasteiger partial charge in [0.2, 0.25) is 17.7 Å². The van der Waals surface area contributed by atoms with E-state index in [4.69, 9.17) is 10.5 Å². The molecule has 0 fully saturated rings. The molecule has 1 aliphatic heterocycles. The Bertz CT molecular complexity index is 1300. The fourth-order valence-electron chi connectivity index (χ4n) is 4.49. The number of imide groups is 1. The van der Waals surface area contributed by atoms with E-state index in [1.807, 2.05) is 0 Å². The van der Waals surface area contributed by atoms with Gasteiger partial charge in [0, 0.05) is 37.3 Å². The topological polar surface area (TPSA) is 206 Å². The van der Waals surface area contributed by atoms with Crippen molar-refractivity contribution in [1.29, 1.82) is 0 Å². The molecule has 0 spiro atoms. The first-order valence-corrected chi connectivity index (χ1v) is 15.8. The Balaban J connectivity index is 1.95. The summed E-state index contributed by atoms with van der Waals surface area (Å²) < 4.78 is 5.33. The molecule has 6 N–H and O–H groups in total. The minimum atomic E-state index is -0.992. The number of urea groups is 1. The van der Waals surface area contributed by atoms with E-state index in [1.54, 1.807) is 58.9 Å². The highest BCUT2D eigenvalue weighted by Gasteiger charge is 2.29. The number of unbranched alkanes of at least 4 members (excludes halogenated alkanes) is 2. The number of nitrogens with two attached hydrogens (primary N) is 1. The van der Waals surface area contributed by atoms with Crippen molar-refractivity contribution in [2.75, 3.05) is 18.4 Å². The van der Waals surface area contributed by atoms with Crippen LogP contribution < -0.4 is 27.0 Å². The maximum Gasteiger partial charge on any atom is 0.312 e. The van der Waals surface area contributed by atoms with Gasteiger partial charge in [-0.2, -0.15) is 0 Å². The molecule has 0 bridgehead atoms. The number of anilines is 1. The first-order chi connectivity index (χ1) is 22.1. The van der Waals surface area contributed by atoms with Gasteiger partial charge in [0.05, 0.1) is 5.41 Å². The predicted octanol–water partition coefficient (Wildman–Crippen LogP) is 2.27. The molecule has 0 aromatic heterocycles. The Morgan fingerprint density at radius 1 is 0.872 bits per heavy atom. The van der Waals surface area contributed by atoms with Crippen molar-refractivity contribution >= 4 is 47.2 Å². The molecule has 7 amide bonds. The number of amides is 7. The van der Waals surface area contributed by atoms with Crippen LogP contribution in [0.15, 0.2) is 36.4 Å². The monoisotopic (exact) mass is 656 g/mol. The molecule has 0 radical (unpaired) electrons. The van der Waals surface area contributed by atoms with Crippen molar-refractivity contribution in [2.45, 2.75) is 91.8 Å². The SMILES string of the molecule is CC(C)C(NC(=O)CCCCCN1C(=O)C=CC1=O)C(=O)N[C@@H](CCCNC(N)=O)C(=O)Nc1ccc(COC(=O)C(C)(C)C)cc1. The summed E-state index contributed by atoms with van der Waals surface area (Å²) in [5.41, 5.74) is 5.69. The Morgan fingerprint density at radius 3 is 2.09 bits per heavy atom. The summed E-state index contributed by atoms with van der Waals surface area (Å²) in [6.45, 7) is 9.38. The predicted molar refractivity (Wildman–Crippen MR) is 174 cm³/mol. The average Bonchev–Trinajstić information content (AvgIpc) is 3.32. The number of esters is 1. The maximum atomic E-state index is 13.3. The van der Waals surface area contributed by atoms with Gasteiger partial charge >= 0.3 is 12.0 Å². The largest absolute Gasteiger partial charge is 0.460 e. The lowest BCUT2D eigenvalue weighted by Gasteiger charge is -2.25. The van der Waals surface area contributed by atoms with Crippen molar-refractivity contribution in [1.82, 2.24) is 20.9 Å². The number of carbonyl (C=O) groups is 7. The van der Waals surface area contributed by atoms with Gasteiger partial charge in [-0.05, 0) is 70.1 Å². The van der Waals surface area contributed by atoms with E-state index < -0.39 is 35.3 Å². The lowest BCUT2D eigenvalue weighted by Crippen LogP contribution is -2.54. The van der Waals surface area contributed by atoms with Gasteiger partial charge in [-0.25, -0.2) is 4.79 Å². The summed E-state index contributed by atoms with van der Waals surface area (Å²) in [7, 11) is 0. The number of nitrogens with one attached hydrogen (secondary N) is 4. The van der Waals surface area contributed by atoms with E-state index >= 15 is 0 Å². The number of benzene rings is 1. The summed E-state index contributed by atoms with van der Waals surface area (Å²) in [6.07, 6.45) is 4.77. The van der Waals surface area contributed by atoms with Crippen LogP contribution in [0.5, 0.6) is 0 Å². The zero-order valence-electron chi connectivity index (χ0n) is 27.9. The number of rotatable bonds is 18. The second-order valence-electron chi connectivity index (χ2n) is 12.8. The van der Waals surface area contributed by atoms with Crippen LogP contribution in [0.2, 0.25) is 0 Å². The molecule has 258 valence electrons. The summed E-state index contributed by atoms with van der Waals surface area (Å²) >= 11 is 0. The number of hydrogen-bond acceptors (Lipinski definition) is 8. The third-order valence-corrected chi connectivity index (χ3v) is 7.26. The average molecular weight is 657 g/mol. The maximum absolute atomic E-state index is 13.3. The van der Waals surface area contributed by atoms with Gasteiger partial charge in [-0.15, -0.1) is 0 Å². The molecule has 0 aliphatic carbocycles. The smallest absolute Gasteiger partial charge is 0.312 e. The standard InChI is InChI=1S/C33H48N6O8/c1-21(2)28(38-25(40)11-7-6-8-19-39-26(41)16-17-27(39)42)30(44)37-24(10-9-18-35-32(34)46)29(43)36-23-14-12-22(13-15-23)20-47-31(45)33(3,4)5/h12-17,21,24,28H,6-11,18-20H2,1-5H3,(H,36,43)(H,37,44)(H,38,40)(H3,34,35,46)/t24-,28?/m0/s1. The molecule has 1 aromatic rings. The normalized spacial score (nSPS) is 14.0. The lowest BCUT2D eigenvalue weighted by atomic mass is 9.97. The summed E-state index contributed by atoms with van der Waals surface area (Å²) in [4.78, 5) is 86.9. The zero-order valence-corrected chi connectivity index (χ0v) is 27.9. The molecule has 47 heavy (non-hydrogen) atoms. The molecule has 1 heterocycles. The molecule has 2 rings (SSSR count). The first-order valence-electron chi connectivity index (χ1n) is 15.8. The minimum absolute atomic E-state index is 0.0799. The minimum Gasteiger partial charge on any atom is -0.460 e. The third-order valence-electron chi connectivity index (χ3n) is 7.26. The molecule has 1 unspecified atom stereocenters. The van der Waals surface area contributed by atoms with Gasteiger partial charge in [0.1, 0.15) is 18.7 Å². The van der Waals surface area contributed by atoms with Gasteiger partial charge < -0.3 is 31.7 Å². The Kier molecular flexibility index (Phi) is 15.1. The van der Waals surface area contributed by atoms with Crippen molar-refractivity contribution in [3.05, 3.63) is 42.0 Å². The van der Waals surface area contributed by atoms with Gasteiger partial charge in [0.25, 0.3) is 11.8 Å². The van der Waals surface area contributed by atoms with Gasteiger partial charge in [0.15, 0.2) is 0 Å². The molecule has 1 aliphatic rings. The molecule has 0 saturated heterocycles.